The molecule has 2 heterocycles. The number of nitrogens with one attached hydrogen (secondary N) is 1. The van der Waals surface area contributed by atoms with Crippen molar-refractivity contribution in [2.45, 2.75) is 19.9 Å². The number of nitrogens with zero attached hydrogens (tertiary/aromatic N) is 1. The van der Waals surface area contributed by atoms with Crippen LogP contribution in [0.5, 0.6) is 0 Å². The molecule has 0 saturated heterocycles. The highest BCUT2D eigenvalue weighted by Crippen LogP contribution is 2.21. The van der Waals surface area contributed by atoms with Crippen LogP contribution in [0, 0.1) is 13.8 Å². The number of sulfone groups is 1. The molecule has 0 aliphatic carbocycles. The molecule has 1 aliphatic rings. The first-order chi connectivity index (χ1) is 12.2. The maximum absolute atomic E-state index is 12.4. The summed E-state index contributed by atoms with van der Waals surface area (Å²) in [5, 5.41) is 3.66. The molecule has 2 aromatic rings. The number of amides is 1. The van der Waals surface area contributed by atoms with E-state index in [1.54, 1.807) is 11.6 Å². The van der Waals surface area contributed by atoms with Gasteiger partial charge in [-0.25, -0.2) is 8.42 Å². The molecule has 1 N–H and O–H groups in total. The molecular weight excluding hydrogens is 352 g/mol. The molecule has 136 valence electrons. The molecule has 1 atom stereocenters. The highest BCUT2D eigenvalue weighted by molar-refractivity contribution is 7.94. The normalized spacial score (nSPS) is 18.0. The largest absolute Gasteiger partial charge is 0.350 e. The van der Waals surface area contributed by atoms with E-state index in [0.717, 1.165) is 22.1 Å². The number of hydrogen-bond acceptors (Lipinski definition) is 4. The third kappa shape index (κ3) is 3.62. The van der Waals surface area contributed by atoms with E-state index in [1.807, 2.05) is 32.0 Å². The third-order valence-electron chi connectivity index (χ3n) is 4.53. The van der Waals surface area contributed by atoms with E-state index in [-0.39, 0.29) is 11.3 Å². The molecule has 1 aromatic carbocycles. The van der Waals surface area contributed by atoms with Crippen molar-refractivity contribution >= 4 is 15.7 Å². The maximum Gasteiger partial charge on any atom is 0.257 e. The first kappa shape index (κ1) is 18.1. The lowest BCUT2D eigenvalue weighted by Crippen LogP contribution is -2.38. The molecule has 26 heavy (non-hydrogen) atoms. The number of carbonyl (C=O) groups excluding carboxylic acids is 1. The van der Waals surface area contributed by atoms with Crippen LogP contribution in [-0.2, 0) is 16.9 Å². The lowest BCUT2D eigenvalue weighted by atomic mass is 10.0. The summed E-state index contributed by atoms with van der Waals surface area (Å²) in [6.07, 6.45) is 2.90. The summed E-state index contributed by atoms with van der Waals surface area (Å²) in [4.78, 5) is 24.8. The highest BCUT2D eigenvalue weighted by Gasteiger charge is 2.24. The predicted molar refractivity (Wildman–Crippen MR) is 101 cm³/mol. The second-order valence-corrected chi connectivity index (χ2v) is 8.52. The van der Waals surface area contributed by atoms with Crippen molar-refractivity contribution in [1.29, 1.82) is 0 Å². The Morgan fingerprint density at radius 3 is 2.54 bits per heavy atom. The minimum atomic E-state index is -3.27. The van der Waals surface area contributed by atoms with Gasteiger partial charge in [0.2, 0.25) is 0 Å². The van der Waals surface area contributed by atoms with E-state index in [1.165, 1.54) is 18.3 Å². The molecule has 1 aromatic heterocycles. The standard InChI is InChI=1S/C19H20N2O4S/c1-12-4-5-14(8-13(12)2)17-9-18(22)16(10-21(17)3)19(23)20-15-6-7-26(24,25)11-15/h4-10,15H,11H2,1-3H3,(H,20,23). The van der Waals surface area contributed by atoms with Gasteiger partial charge in [0.25, 0.3) is 5.91 Å². The number of pyridine rings is 1. The Morgan fingerprint density at radius 2 is 1.92 bits per heavy atom. The number of carbonyl (C=O) groups is 1. The monoisotopic (exact) mass is 372 g/mol. The molecule has 0 bridgehead atoms. The lowest BCUT2D eigenvalue weighted by molar-refractivity contribution is 0.0946. The lowest BCUT2D eigenvalue weighted by Gasteiger charge is -2.14. The molecule has 1 aliphatic heterocycles. The first-order valence-corrected chi connectivity index (χ1v) is 9.88. The molecule has 0 spiro atoms. The Bertz CT molecular complexity index is 1080. The smallest absolute Gasteiger partial charge is 0.257 e. The number of aryl methyl sites for hydroxylation is 3. The third-order valence-corrected chi connectivity index (χ3v) is 5.93. The summed E-state index contributed by atoms with van der Waals surface area (Å²) < 4.78 is 24.6. The highest BCUT2D eigenvalue weighted by atomic mass is 32.2. The van der Waals surface area contributed by atoms with Crippen molar-refractivity contribution in [3.63, 3.8) is 0 Å². The summed E-state index contributed by atoms with van der Waals surface area (Å²) in [7, 11) is -1.51. The Morgan fingerprint density at radius 1 is 1.19 bits per heavy atom. The van der Waals surface area contributed by atoms with Gasteiger partial charge in [0.15, 0.2) is 15.3 Å². The molecular formula is C19H20N2O4S. The van der Waals surface area contributed by atoms with Crippen LogP contribution in [0.15, 0.2) is 46.7 Å². The van der Waals surface area contributed by atoms with Gasteiger partial charge in [-0.05, 0) is 42.7 Å². The van der Waals surface area contributed by atoms with Crippen molar-refractivity contribution < 1.29 is 13.2 Å². The fourth-order valence-electron chi connectivity index (χ4n) is 2.90. The number of aromatic nitrogens is 1. The van der Waals surface area contributed by atoms with Crippen molar-refractivity contribution in [2.75, 3.05) is 5.75 Å². The van der Waals surface area contributed by atoms with Crippen molar-refractivity contribution in [3.8, 4) is 11.3 Å². The van der Waals surface area contributed by atoms with Gasteiger partial charge in [0.1, 0.15) is 5.56 Å². The van der Waals surface area contributed by atoms with E-state index in [9.17, 15) is 18.0 Å². The minimum Gasteiger partial charge on any atom is -0.350 e. The van der Waals surface area contributed by atoms with Crippen molar-refractivity contribution in [2.24, 2.45) is 7.05 Å². The summed E-state index contributed by atoms with van der Waals surface area (Å²) in [6, 6.07) is 6.74. The van der Waals surface area contributed by atoms with Gasteiger partial charge in [-0.15, -0.1) is 0 Å². The number of rotatable bonds is 3. The first-order valence-electron chi connectivity index (χ1n) is 8.16. The Labute approximate surface area is 152 Å². The van der Waals surface area contributed by atoms with Gasteiger partial charge >= 0.3 is 0 Å². The molecule has 0 fully saturated rings. The van der Waals surface area contributed by atoms with Crippen LogP contribution < -0.4 is 10.7 Å². The van der Waals surface area contributed by atoms with Crippen LogP contribution in [0.1, 0.15) is 21.5 Å². The molecule has 0 radical (unpaired) electrons. The van der Waals surface area contributed by atoms with Gasteiger partial charge in [-0.2, -0.15) is 0 Å². The topological polar surface area (TPSA) is 85.2 Å². The van der Waals surface area contributed by atoms with Crippen molar-refractivity contribution in [3.05, 3.63) is 68.9 Å². The Hall–Kier alpha value is -2.67. The zero-order valence-electron chi connectivity index (χ0n) is 14.8. The van der Waals surface area contributed by atoms with E-state index >= 15 is 0 Å². The van der Waals surface area contributed by atoms with Crippen LogP contribution in [0.4, 0.5) is 0 Å². The van der Waals surface area contributed by atoms with Gasteiger partial charge in [-0.3, -0.25) is 9.59 Å². The van der Waals surface area contributed by atoms with Crippen molar-refractivity contribution in [1.82, 2.24) is 9.88 Å². The van der Waals surface area contributed by atoms with Gasteiger partial charge in [-0.1, -0.05) is 12.1 Å². The van der Waals surface area contributed by atoms with Crippen LogP contribution in [0.25, 0.3) is 11.3 Å². The fraction of sp³-hybridized carbons (Fsp3) is 0.263. The second-order valence-electron chi connectivity index (χ2n) is 6.58. The number of hydrogen-bond donors (Lipinski definition) is 1. The maximum atomic E-state index is 12.4. The minimum absolute atomic E-state index is 0.0159. The second kappa shape index (κ2) is 6.57. The molecule has 6 nitrogen and oxygen atoms in total. The fourth-order valence-corrected chi connectivity index (χ4v) is 4.14. The molecule has 0 saturated carbocycles. The molecule has 3 rings (SSSR count). The van der Waals surface area contributed by atoms with Gasteiger partial charge in [0.05, 0.1) is 17.5 Å². The summed E-state index contributed by atoms with van der Waals surface area (Å²) >= 11 is 0. The summed E-state index contributed by atoms with van der Waals surface area (Å²) in [6.45, 7) is 4.02. The zero-order valence-corrected chi connectivity index (χ0v) is 15.6. The van der Waals surface area contributed by atoms with E-state index in [4.69, 9.17) is 0 Å². The van der Waals surface area contributed by atoms with Crippen LogP contribution in [-0.4, -0.2) is 30.7 Å². The van der Waals surface area contributed by atoms with Gasteiger partial charge in [0, 0.05) is 24.7 Å². The summed E-state index contributed by atoms with van der Waals surface area (Å²) in [5.41, 5.74) is 3.46. The Kier molecular flexibility index (Phi) is 4.58. The van der Waals surface area contributed by atoms with Crippen LogP contribution in [0.3, 0.4) is 0 Å². The predicted octanol–water partition coefficient (Wildman–Crippen LogP) is 1.71. The quantitative estimate of drug-likeness (QED) is 0.889. The zero-order chi connectivity index (χ0) is 19.1. The van der Waals surface area contributed by atoms with E-state index in [2.05, 4.69) is 5.32 Å². The van der Waals surface area contributed by atoms with E-state index in [0.29, 0.717) is 5.69 Å². The SMILES string of the molecule is Cc1ccc(-c2cc(=O)c(C(=O)NC3C=CS(=O)(=O)C3)cn2C)cc1C. The van der Waals surface area contributed by atoms with Crippen LogP contribution in [0.2, 0.25) is 0 Å². The number of benzene rings is 1. The average molecular weight is 372 g/mol. The molecule has 1 unspecified atom stereocenters. The van der Waals surface area contributed by atoms with Gasteiger partial charge < -0.3 is 9.88 Å². The average Bonchev–Trinajstić information content (AvgIpc) is 2.90. The molecule has 7 heteroatoms. The summed E-state index contributed by atoms with van der Waals surface area (Å²) in [5.74, 6) is -0.760. The Balaban J connectivity index is 1.90. The van der Waals surface area contributed by atoms with Crippen LogP contribution >= 0.6 is 0 Å². The molecule has 1 amide bonds. The van der Waals surface area contributed by atoms with E-state index < -0.39 is 27.2 Å².